The molecule has 0 radical (unpaired) electrons. The molecule has 31 heavy (non-hydrogen) atoms. The van der Waals surface area contributed by atoms with E-state index in [-0.39, 0.29) is 18.8 Å². The lowest BCUT2D eigenvalue weighted by molar-refractivity contribution is -0.991. The summed E-state index contributed by atoms with van der Waals surface area (Å²) in [5.74, 6) is 0. The van der Waals surface area contributed by atoms with Crippen LogP contribution in [0.5, 0.6) is 0 Å². The van der Waals surface area contributed by atoms with Crippen LogP contribution >= 0.6 is 0 Å². The molecular formula is C21H29NO7S2. The fourth-order valence-corrected chi connectivity index (χ4v) is 4.86. The van der Waals surface area contributed by atoms with Gasteiger partial charge in [0.15, 0.2) is 6.10 Å². The molecule has 0 spiro atoms. The van der Waals surface area contributed by atoms with E-state index in [2.05, 4.69) is 59.6 Å². The molecule has 3 rings (SSSR count). The van der Waals surface area contributed by atoms with Gasteiger partial charge in [0.2, 0.25) is 10.4 Å². The third-order valence-corrected chi connectivity index (χ3v) is 6.26. The molecule has 0 amide bonds. The molecule has 2 aromatic carbocycles. The number of rotatable bonds is 8. The van der Waals surface area contributed by atoms with Crippen molar-refractivity contribution >= 4 is 20.5 Å². The van der Waals surface area contributed by atoms with E-state index in [0.29, 0.717) is 13.1 Å². The van der Waals surface area contributed by atoms with Crippen molar-refractivity contribution in [2.24, 2.45) is 0 Å². The largest absolute Gasteiger partial charge is 0.726 e. The summed E-state index contributed by atoms with van der Waals surface area (Å²) in [4.78, 5) is 0. The van der Waals surface area contributed by atoms with Gasteiger partial charge in [-0.05, 0) is 13.8 Å². The lowest BCUT2D eigenvalue weighted by Gasteiger charge is -2.53. The average molecular weight is 472 g/mol. The normalized spacial score (nSPS) is 21.1. The van der Waals surface area contributed by atoms with Gasteiger partial charge in [0.25, 0.3) is 10.1 Å². The second-order valence-electron chi connectivity index (χ2n) is 7.36. The molecule has 10 heteroatoms. The summed E-state index contributed by atoms with van der Waals surface area (Å²) in [5.41, 5.74) is 2.51. The fourth-order valence-electron chi connectivity index (χ4n) is 3.96. The van der Waals surface area contributed by atoms with Gasteiger partial charge in [-0.15, -0.1) is 0 Å². The van der Waals surface area contributed by atoms with Crippen molar-refractivity contribution < 1.29 is 34.2 Å². The Balaban J connectivity index is 0.000000423. The Morgan fingerprint density at radius 1 is 0.935 bits per heavy atom. The summed E-state index contributed by atoms with van der Waals surface area (Å²) in [6, 6.07) is 21.1. The topological polar surface area (TPSA) is 110 Å². The summed E-state index contributed by atoms with van der Waals surface area (Å²) < 4.78 is 60.9. The van der Waals surface area contributed by atoms with Gasteiger partial charge >= 0.3 is 0 Å². The van der Waals surface area contributed by atoms with Crippen molar-refractivity contribution in [2.45, 2.75) is 26.0 Å². The first-order valence-electron chi connectivity index (χ1n) is 9.94. The first-order valence-corrected chi connectivity index (χ1v) is 13.1. The van der Waals surface area contributed by atoms with Crippen molar-refractivity contribution in [1.82, 2.24) is 0 Å². The van der Waals surface area contributed by atoms with E-state index in [0.717, 1.165) is 17.3 Å². The monoisotopic (exact) mass is 471 g/mol. The zero-order valence-corrected chi connectivity index (χ0v) is 19.5. The molecule has 0 aromatic heterocycles. The van der Waals surface area contributed by atoms with Gasteiger partial charge < -0.3 is 9.04 Å². The molecule has 1 aliphatic heterocycles. The smallest absolute Gasteiger partial charge is 0.265 e. The SMILES string of the molecule is CCOS(=O)(=O)[O-].CC[N+]1(C(c2ccccc2)c2ccccc2)CC(OS(C)(=O)=O)C1. The molecule has 0 N–H and O–H groups in total. The number of quaternary nitrogens is 1. The van der Waals surface area contributed by atoms with Gasteiger partial charge in [-0.2, -0.15) is 8.42 Å². The van der Waals surface area contributed by atoms with Gasteiger partial charge in [-0.25, -0.2) is 8.42 Å². The molecule has 2 aromatic rings. The van der Waals surface area contributed by atoms with Crippen molar-refractivity contribution in [3.8, 4) is 0 Å². The minimum absolute atomic E-state index is 0.0914. The summed E-state index contributed by atoms with van der Waals surface area (Å²) in [6.45, 7) is 5.84. The number of benzene rings is 2. The predicted molar refractivity (Wildman–Crippen MR) is 116 cm³/mol. The predicted octanol–water partition coefficient (Wildman–Crippen LogP) is 2.45. The van der Waals surface area contributed by atoms with Crippen LogP contribution in [0.1, 0.15) is 31.0 Å². The number of hydrogen-bond acceptors (Lipinski definition) is 7. The van der Waals surface area contributed by atoms with Gasteiger partial charge in [-0.1, -0.05) is 60.7 Å². The summed E-state index contributed by atoms with van der Waals surface area (Å²) in [5, 5.41) is 0. The third-order valence-electron chi connectivity index (χ3n) is 5.12. The maximum atomic E-state index is 11.4. The zero-order chi connectivity index (χ0) is 23.1. The summed E-state index contributed by atoms with van der Waals surface area (Å²) in [6.07, 6.45) is 0.896. The van der Waals surface area contributed by atoms with Gasteiger partial charge in [-0.3, -0.25) is 8.37 Å². The summed E-state index contributed by atoms with van der Waals surface area (Å²) >= 11 is 0. The van der Waals surface area contributed by atoms with Gasteiger partial charge in [0.05, 0.1) is 19.4 Å². The van der Waals surface area contributed by atoms with E-state index in [1.165, 1.54) is 18.1 Å². The lowest BCUT2D eigenvalue weighted by Crippen LogP contribution is -2.68. The Kier molecular flexibility index (Phi) is 8.75. The maximum Gasteiger partial charge on any atom is 0.265 e. The first kappa shape index (κ1) is 25.4. The van der Waals surface area contributed by atoms with Crippen LogP contribution in [0.15, 0.2) is 60.7 Å². The Morgan fingerprint density at radius 2 is 1.39 bits per heavy atom. The van der Waals surface area contributed by atoms with E-state index >= 15 is 0 Å². The number of hydrogen-bond donors (Lipinski definition) is 0. The molecular weight excluding hydrogens is 442 g/mol. The Bertz CT molecular complexity index is 980. The van der Waals surface area contributed by atoms with Crippen molar-refractivity contribution in [3.05, 3.63) is 71.8 Å². The van der Waals surface area contributed by atoms with E-state index in [1.54, 1.807) is 0 Å². The molecule has 1 aliphatic rings. The van der Waals surface area contributed by atoms with Crippen molar-refractivity contribution in [1.29, 1.82) is 0 Å². The highest BCUT2D eigenvalue weighted by Gasteiger charge is 2.51. The van der Waals surface area contributed by atoms with Crippen molar-refractivity contribution in [3.63, 3.8) is 0 Å². The number of likely N-dealkylation sites (N-methyl/N-ethyl adjacent to an activating group) is 1. The molecule has 172 valence electrons. The highest BCUT2D eigenvalue weighted by atomic mass is 32.3. The standard InChI is InChI=1S/C19H24NO3S.C2H6O4S/c1-3-20(14-18(15-20)23-24(2,21)22)19(16-10-6-4-7-11-16)17-12-8-5-9-13-17;1-2-6-7(3,4)5/h4-13,18-19H,3,14-15H2,1-2H3;2H2,1H3,(H,3,4,5)/q+1;/p-1. The fraction of sp³-hybridized carbons (Fsp3) is 0.429. The van der Waals surface area contributed by atoms with Crippen molar-refractivity contribution in [2.75, 3.05) is 32.5 Å². The van der Waals surface area contributed by atoms with Crippen LogP contribution in [-0.2, 0) is 28.9 Å². The van der Waals surface area contributed by atoms with Gasteiger partial charge in [0, 0.05) is 11.1 Å². The van der Waals surface area contributed by atoms with Crippen LogP contribution < -0.4 is 0 Å². The summed E-state index contributed by atoms with van der Waals surface area (Å²) in [7, 11) is -7.83. The molecule has 1 saturated heterocycles. The van der Waals surface area contributed by atoms with E-state index in [4.69, 9.17) is 4.18 Å². The second-order valence-corrected chi connectivity index (χ2v) is 10.0. The molecule has 0 aliphatic carbocycles. The first-order chi connectivity index (χ1) is 14.5. The van der Waals surface area contributed by atoms with E-state index in [9.17, 15) is 21.4 Å². The highest BCUT2D eigenvalue weighted by Crippen LogP contribution is 2.40. The van der Waals surface area contributed by atoms with Crippen LogP contribution in [-0.4, -0.2) is 64.5 Å². The Hall–Kier alpha value is -1.82. The Labute approximate surface area is 185 Å². The third kappa shape index (κ3) is 7.67. The van der Waals surface area contributed by atoms with E-state index < -0.39 is 20.5 Å². The molecule has 0 bridgehead atoms. The average Bonchev–Trinajstić information content (AvgIpc) is 2.66. The van der Waals surface area contributed by atoms with Gasteiger partial charge in [0.1, 0.15) is 19.1 Å². The zero-order valence-electron chi connectivity index (χ0n) is 17.9. The van der Waals surface area contributed by atoms with Crippen LogP contribution in [0.2, 0.25) is 0 Å². The van der Waals surface area contributed by atoms with Crippen LogP contribution in [0, 0.1) is 0 Å². The molecule has 1 heterocycles. The van der Waals surface area contributed by atoms with Crippen LogP contribution in [0.3, 0.4) is 0 Å². The van der Waals surface area contributed by atoms with E-state index in [1.807, 2.05) is 12.1 Å². The van der Waals surface area contributed by atoms with Crippen LogP contribution in [0.25, 0.3) is 0 Å². The molecule has 8 nitrogen and oxygen atoms in total. The molecule has 1 fully saturated rings. The molecule has 0 unspecified atom stereocenters. The minimum atomic E-state index is -4.42. The quantitative estimate of drug-likeness (QED) is 0.252. The Morgan fingerprint density at radius 3 is 1.68 bits per heavy atom. The lowest BCUT2D eigenvalue weighted by atomic mass is 9.90. The maximum absolute atomic E-state index is 11.4. The minimum Gasteiger partial charge on any atom is -0.726 e. The highest BCUT2D eigenvalue weighted by molar-refractivity contribution is 7.86. The number of likely N-dealkylation sites (tertiary alicyclic amines) is 1. The van der Waals surface area contributed by atoms with Crippen LogP contribution in [0.4, 0.5) is 0 Å². The second kappa shape index (κ2) is 10.7. The molecule has 0 saturated carbocycles. The molecule has 0 atom stereocenters. The number of nitrogens with zero attached hydrogens (tertiary/aromatic N) is 1.